The first-order chi connectivity index (χ1) is 10.0. The van der Waals surface area contributed by atoms with E-state index < -0.39 is 6.10 Å². The van der Waals surface area contributed by atoms with Gasteiger partial charge in [-0.05, 0) is 32.0 Å². The molecule has 0 aliphatic heterocycles. The van der Waals surface area contributed by atoms with E-state index in [9.17, 15) is 9.50 Å². The number of rotatable bonds is 3. The summed E-state index contributed by atoms with van der Waals surface area (Å²) < 4.78 is 20.6. The van der Waals surface area contributed by atoms with Crippen LogP contribution in [0.25, 0.3) is 11.0 Å². The number of hydrogen-bond donors (Lipinski definition) is 1. The maximum Gasteiger partial charge on any atom is 0.155 e. The monoisotopic (exact) mass is 308 g/mol. The summed E-state index contributed by atoms with van der Waals surface area (Å²) in [5, 5.41) is 15.7. The second-order valence-corrected chi connectivity index (χ2v) is 5.24. The molecule has 1 atom stereocenters. The number of aliphatic hydroxyl groups is 1. The van der Waals surface area contributed by atoms with Crippen LogP contribution < -0.4 is 0 Å². The summed E-state index contributed by atoms with van der Waals surface area (Å²) in [6.45, 7) is 4.26. The lowest BCUT2D eigenvalue weighted by Gasteiger charge is -2.11. The molecule has 3 aromatic rings. The second kappa shape index (κ2) is 5.16. The molecule has 0 aliphatic carbocycles. The van der Waals surface area contributed by atoms with E-state index in [-0.39, 0.29) is 5.82 Å². The molecule has 4 nitrogen and oxygen atoms in total. The molecule has 0 aliphatic rings. The van der Waals surface area contributed by atoms with Gasteiger partial charge in [-0.3, -0.25) is 4.68 Å². The van der Waals surface area contributed by atoms with E-state index in [4.69, 9.17) is 16.0 Å². The van der Waals surface area contributed by atoms with Gasteiger partial charge in [0.05, 0.1) is 16.9 Å². The summed E-state index contributed by atoms with van der Waals surface area (Å²) in [4.78, 5) is 0. The van der Waals surface area contributed by atoms with Gasteiger partial charge in [-0.25, -0.2) is 4.39 Å². The zero-order valence-corrected chi connectivity index (χ0v) is 12.4. The molecule has 1 N–H and O–H groups in total. The van der Waals surface area contributed by atoms with E-state index in [2.05, 4.69) is 5.10 Å². The van der Waals surface area contributed by atoms with Crippen molar-refractivity contribution >= 4 is 22.6 Å². The Morgan fingerprint density at radius 3 is 2.95 bits per heavy atom. The first-order valence-corrected chi connectivity index (χ1v) is 6.98. The molecule has 0 fully saturated rings. The van der Waals surface area contributed by atoms with E-state index >= 15 is 0 Å². The standard InChI is InChI=1S/C15H14ClFN2O2/c1-3-19-13(11(16)7-18-19)14(20)15-8(2)10-6-9(17)4-5-12(10)21-15/h4-7,14,20H,3H2,1-2H3. The van der Waals surface area contributed by atoms with Gasteiger partial charge in [0.1, 0.15) is 17.2 Å². The second-order valence-electron chi connectivity index (χ2n) is 4.83. The van der Waals surface area contributed by atoms with Crippen LogP contribution in [0.1, 0.15) is 30.0 Å². The highest BCUT2D eigenvalue weighted by Gasteiger charge is 2.25. The third-order valence-corrected chi connectivity index (χ3v) is 3.87. The minimum atomic E-state index is -1.05. The molecule has 0 amide bonds. The molecule has 1 unspecified atom stereocenters. The molecule has 0 saturated heterocycles. The normalized spacial score (nSPS) is 13.0. The minimum absolute atomic E-state index is 0.343. The van der Waals surface area contributed by atoms with Crippen LogP contribution in [0.2, 0.25) is 5.02 Å². The maximum atomic E-state index is 13.3. The number of fused-ring (bicyclic) bond motifs is 1. The highest BCUT2D eigenvalue weighted by atomic mass is 35.5. The average Bonchev–Trinajstić information content (AvgIpc) is 2.99. The third-order valence-electron chi connectivity index (χ3n) is 3.58. The van der Waals surface area contributed by atoms with E-state index in [0.29, 0.717) is 39.6 Å². The number of benzene rings is 1. The van der Waals surface area contributed by atoms with Crippen LogP contribution in [0.5, 0.6) is 0 Å². The summed E-state index contributed by atoms with van der Waals surface area (Å²) in [5.74, 6) is 0.0109. The average molecular weight is 309 g/mol. The van der Waals surface area contributed by atoms with Gasteiger partial charge in [0, 0.05) is 17.5 Å². The largest absolute Gasteiger partial charge is 0.458 e. The van der Waals surface area contributed by atoms with Crippen LogP contribution in [-0.2, 0) is 6.54 Å². The third kappa shape index (κ3) is 2.22. The summed E-state index contributed by atoms with van der Waals surface area (Å²) in [6.07, 6.45) is 0.441. The van der Waals surface area contributed by atoms with Crippen molar-refractivity contribution in [2.75, 3.05) is 0 Å². The number of nitrogens with zero attached hydrogens (tertiary/aromatic N) is 2. The van der Waals surface area contributed by atoms with Crippen molar-refractivity contribution in [3.05, 3.63) is 52.3 Å². The van der Waals surface area contributed by atoms with Crippen LogP contribution in [0.4, 0.5) is 4.39 Å². The molecule has 0 bridgehead atoms. The molecule has 1 aromatic carbocycles. The van der Waals surface area contributed by atoms with Crippen LogP contribution in [-0.4, -0.2) is 14.9 Å². The number of halogens is 2. The fourth-order valence-corrected chi connectivity index (χ4v) is 2.74. The Bertz CT molecular complexity index is 809. The molecule has 3 rings (SSSR count). The molecular formula is C15H14ClFN2O2. The van der Waals surface area contributed by atoms with Crippen molar-refractivity contribution in [2.24, 2.45) is 0 Å². The van der Waals surface area contributed by atoms with Gasteiger partial charge in [-0.15, -0.1) is 0 Å². The molecule has 0 saturated carbocycles. The lowest BCUT2D eigenvalue weighted by Crippen LogP contribution is -2.09. The Morgan fingerprint density at radius 2 is 2.24 bits per heavy atom. The molecule has 0 spiro atoms. The Hall–Kier alpha value is -1.85. The van der Waals surface area contributed by atoms with Gasteiger partial charge in [0.15, 0.2) is 6.10 Å². The predicted molar refractivity (Wildman–Crippen MR) is 77.9 cm³/mol. The van der Waals surface area contributed by atoms with Gasteiger partial charge in [-0.2, -0.15) is 5.10 Å². The van der Waals surface area contributed by atoms with Crippen molar-refractivity contribution in [2.45, 2.75) is 26.5 Å². The van der Waals surface area contributed by atoms with Crippen LogP contribution >= 0.6 is 11.6 Å². The van der Waals surface area contributed by atoms with E-state index in [1.165, 1.54) is 18.3 Å². The molecule has 2 aromatic heterocycles. The lowest BCUT2D eigenvalue weighted by molar-refractivity contribution is 0.180. The Labute approximate surface area is 125 Å². The summed E-state index contributed by atoms with van der Waals surface area (Å²) >= 11 is 6.10. The SMILES string of the molecule is CCn1ncc(Cl)c1C(O)c1oc2ccc(F)cc2c1C. The highest BCUT2D eigenvalue weighted by molar-refractivity contribution is 6.31. The van der Waals surface area contributed by atoms with Crippen molar-refractivity contribution in [3.63, 3.8) is 0 Å². The fourth-order valence-electron chi connectivity index (χ4n) is 2.49. The first kappa shape index (κ1) is 14.1. The van der Waals surface area contributed by atoms with E-state index in [1.807, 2.05) is 6.92 Å². The smallest absolute Gasteiger partial charge is 0.155 e. The lowest BCUT2D eigenvalue weighted by atomic mass is 10.1. The quantitative estimate of drug-likeness (QED) is 0.800. The van der Waals surface area contributed by atoms with Gasteiger partial charge in [0.25, 0.3) is 0 Å². The van der Waals surface area contributed by atoms with Crippen molar-refractivity contribution in [3.8, 4) is 0 Å². The number of aromatic nitrogens is 2. The van der Waals surface area contributed by atoms with Gasteiger partial charge in [0.2, 0.25) is 0 Å². The molecule has 6 heteroatoms. The van der Waals surface area contributed by atoms with Crippen molar-refractivity contribution < 1.29 is 13.9 Å². The number of furan rings is 1. The minimum Gasteiger partial charge on any atom is -0.458 e. The van der Waals surface area contributed by atoms with Gasteiger partial charge >= 0.3 is 0 Å². The fraction of sp³-hybridized carbons (Fsp3) is 0.267. The maximum absolute atomic E-state index is 13.3. The van der Waals surface area contributed by atoms with Crippen LogP contribution in [0, 0.1) is 12.7 Å². The number of aliphatic hydroxyl groups excluding tert-OH is 1. The zero-order valence-electron chi connectivity index (χ0n) is 11.6. The summed E-state index contributed by atoms with van der Waals surface area (Å²) in [6, 6.07) is 4.26. The molecule has 21 heavy (non-hydrogen) atoms. The summed E-state index contributed by atoms with van der Waals surface area (Å²) in [7, 11) is 0. The Kier molecular flexibility index (Phi) is 3.47. The highest BCUT2D eigenvalue weighted by Crippen LogP contribution is 2.35. The van der Waals surface area contributed by atoms with Crippen molar-refractivity contribution in [1.82, 2.24) is 9.78 Å². The van der Waals surface area contributed by atoms with Crippen LogP contribution in [0.3, 0.4) is 0 Å². The number of aryl methyl sites for hydroxylation is 2. The van der Waals surface area contributed by atoms with E-state index in [1.54, 1.807) is 17.7 Å². The topological polar surface area (TPSA) is 51.2 Å². The van der Waals surface area contributed by atoms with Crippen molar-refractivity contribution in [1.29, 1.82) is 0 Å². The Balaban J connectivity index is 2.15. The van der Waals surface area contributed by atoms with Gasteiger partial charge in [-0.1, -0.05) is 11.6 Å². The number of hydrogen-bond acceptors (Lipinski definition) is 3. The van der Waals surface area contributed by atoms with E-state index in [0.717, 1.165) is 0 Å². The molecular weight excluding hydrogens is 295 g/mol. The molecule has 2 heterocycles. The predicted octanol–water partition coefficient (Wildman–Crippen LogP) is 3.83. The first-order valence-electron chi connectivity index (χ1n) is 6.60. The molecule has 0 radical (unpaired) electrons. The zero-order chi connectivity index (χ0) is 15.1. The summed E-state index contributed by atoms with van der Waals surface area (Å²) in [5.41, 5.74) is 1.69. The van der Waals surface area contributed by atoms with Crippen LogP contribution in [0.15, 0.2) is 28.8 Å². The van der Waals surface area contributed by atoms with Gasteiger partial charge < -0.3 is 9.52 Å². The Morgan fingerprint density at radius 1 is 1.48 bits per heavy atom. The molecule has 110 valence electrons.